The third kappa shape index (κ3) is 5.75. The molecule has 0 aliphatic rings. The molecule has 0 aromatic heterocycles. The van der Waals surface area contributed by atoms with Gasteiger partial charge in [0.1, 0.15) is 0 Å². The van der Waals surface area contributed by atoms with Crippen molar-refractivity contribution in [1.29, 1.82) is 0 Å². The number of benzene rings is 3. The molecule has 0 aliphatic heterocycles. The van der Waals surface area contributed by atoms with E-state index in [-0.39, 0.29) is 0 Å². The minimum Gasteiger partial charge on any atom is -0.387 e. The summed E-state index contributed by atoms with van der Waals surface area (Å²) in [7, 11) is 0. The van der Waals surface area contributed by atoms with Gasteiger partial charge in [-0.25, -0.2) is 0 Å². The molecule has 146 valence electrons. The summed E-state index contributed by atoms with van der Waals surface area (Å²) in [5, 5.41) is 32.0. The lowest BCUT2D eigenvalue weighted by Gasteiger charge is -2.29. The zero-order valence-corrected chi connectivity index (χ0v) is 15.8. The van der Waals surface area contributed by atoms with Crippen LogP contribution in [-0.2, 0) is 0 Å². The maximum absolute atomic E-state index is 10.7. The second kappa shape index (κ2) is 10.2. The van der Waals surface area contributed by atoms with E-state index in [4.69, 9.17) is 0 Å². The molecular weight excluding hydrogens is 350 g/mol. The van der Waals surface area contributed by atoms with Crippen LogP contribution < -0.4 is 0 Å². The fraction of sp³-hybridized carbons (Fsp3) is 0.250. The summed E-state index contributed by atoms with van der Waals surface area (Å²) in [5.74, 6) is 0. The summed E-state index contributed by atoms with van der Waals surface area (Å²) < 4.78 is 0. The van der Waals surface area contributed by atoms with Gasteiger partial charge in [0.05, 0.1) is 18.3 Å². The number of aliphatic hydroxyl groups is 3. The second-order valence-corrected chi connectivity index (χ2v) is 7.00. The van der Waals surface area contributed by atoms with Crippen molar-refractivity contribution in [3.8, 4) is 0 Å². The number of nitrogens with zero attached hydrogens (tertiary/aromatic N) is 1. The summed E-state index contributed by atoms with van der Waals surface area (Å²) in [6, 6.07) is 28.3. The van der Waals surface area contributed by atoms with Crippen LogP contribution in [-0.4, -0.2) is 39.9 Å². The maximum atomic E-state index is 10.7. The van der Waals surface area contributed by atoms with Crippen molar-refractivity contribution in [3.63, 3.8) is 0 Å². The Kier molecular flexibility index (Phi) is 7.34. The van der Waals surface area contributed by atoms with Crippen molar-refractivity contribution >= 4 is 0 Å². The first-order valence-corrected chi connectivity index (χ1v) is 9.55. The Bertz CT molecular complexity index is 698. The molecule has 0 aliphatic carbocycles. The molecule has 0 bridgehead atoms. The van der Waals surface area contributed by atoms with Crippen molar-refractivity contribution in [2.24, 2.45) is 0 Å². The molecule has 0 amide bonds. The molecule has 0 radical (unpaired) electrons. The van der Waals surface area contributed by atoms with Crippen molar-refractivity contribution in [2.45, 2.75) is 18.3 Å². The largest absolute Gasteiger partial charge is 0.387 e. The molecule has 3 aromatic rings. The lowest BCUT2D eigenvalue weighted by Crippen LogP contribution is -2.36. The van der Waals surface area contributed by atoms with Gasteiger partial charge in [0.2, 0.25) is 0 Å². The van der Waals surface area contributed by atoms with E-state index in [1.807, 2.05) is 95.9 Å². The van der Waals surface area contributed by atoms with E-state index in [9.17, 15) is 15.3 Å². The van der Waals surface area contributed by atoms with Gasteiger partial charge in [-0.3, -0.25) is 4.90 Å². The van der Waals surface area contributed by atoms with E-state index >= 15 is 0 Å². The van der Waals surface area contributed by atoms with Crippen molar-refractivity contribution < 1.29 is 15.3 Å². The minimum absolute atomic E-state index is 0.317. The first-order valence-electron chi connectivity index (χ1n) is 9.55. The van der Waals surface area contributed by atoms with Crippen LogP contribution in [0.1, 0.15) is 35.0 Å². The first-order chi connectivity index (χ1) is 13.6. The molecule has 0 unspecified atom stereocenters. The Balaban J connectivity index is 1.73. The summed E-state index contributed by atoms with van der Waals surface area (Å²) in [5.41, 5.74) is 2.45. The Morgan fingerprint density at radius 2 is 0.714 bits per heavy atom. The van der Waals surface area contributed by atoms with Gasteiger partial charge >= 0.3 is 0 Å². The Hall–Kier alpha value is -2.50. The van der Waals surface area contributed by atoms with E-state index in [1.54, 1.807) is 0 Å². The Labute approximate surface area is 166 Å². The predicted molar refractivity (Wildman–Crippen MR) is 111 cm³/mol. The van der Waals surface area contributed by atoms with Crippen molar-refractivity contribution in [3.05, 3.63) is 108 Å². The third-order valence-corrected chi connectivity index (χ3v) is 4.85. The highest BCUT2D eigenvalue weighted by molar-refractivity contribution is 5.20. The average molecular weight is 377 g/mol. The fourth-order valence-electron chi connectivity index (χ4n) is 3.30. The van der Waals surface area contributed by atoms with Crippen LogP contribution in [0.4, 0.5) is 0 Å². The summed E-state index contributed by atoms with van der Waals surface area (Å²) in [4.78, 5) is 1.91. The minimum atomic E-state index is -0.702. The van der Waals surface area contributed by atoms with Gasteiger partial charge in [-0.15, -0.1) is 0 Å². The molecule has 3 atom stereocenters. The molecule has 0 heterocycles. The van der Waals surface area contributed by atoms with Crippen LogP contribution in [0.3, 0.4) is 0 Å². The quantitative estimate of drug-likeness (QED) is 0.534. The maximum Gasteiger partial charge on any atom is 0.0916 e. The molecular formula is C24H27NO3. The molecule has 0 spiro atoms. The van der Waals surface area contributed by atoms with Crippen LogP contribution in [0.2, 0.25) is 0 Å². The van der Waals surface area contributed by atoms with Crippen LogP contribution >= 0.6 is 0 Å². The van der Waals surface area contributed by atoms with Gasteiger partial charge in [-0.05, 0) is 16.7 Å². The average Bonchev–Trinajstić information content (AvgIpc) is 2.75. The fourth-order valence-corrected chi connectivity index (χ4v) is 3.30. The number of hydrogen-bond acceptors (Lipinski definition) is 4. The van der Waals surface area contributed by atoms with Crippen molar-refractivity contribution in [2.75, 3.05) is 19.6 Å². The molecule has 0 saturated carbocycles. The lowest BCUT2D eigenvalue weighted by molar-refractivity contribution is 0.0370. The van der Waals surface area contributed by atoms with Crippen LogP contribution in [0.15, 0.2) is 91.0 Å². The van der Waals surface area contributed by atoms with Gasteiger partial charge in [-0.2, -0.15) is 0 Å². The van der Waals surface area contributed by atoms with Crippen LogP contribution in [0, 0.1) is 0 Å². The van der Waals surface area contributed by atoms with E-state index in [1.165, 1.54) is 0 Å². The van der Waals surface area contributed by atoms with E-state index in [0.29, 0.717) is 19.6 Å². The standard InChI is InChI=1S/C24H27NO3/c26-22(19-10-4-1-5-11-19)16-25(17-23(27)20-12-6-2-7-13-20)18-24(28)21-14-8-3-9-15-21/h1-15,22-24,26-28H,16-18H2/t22-,23-,24+/m0/s1. The molecule has 0 fully saturated rings. The SMILES string of the molecule is O[C@H](CN(C[C@H](O)c1ccccc1)C[C@H](O)c1ccccc1)c1ccccc1. The summed E-state index contributed by atoms with van der Waals surface area (Å²) >= 11 is 0. The highest BCUT2D eigenvalue weighted by atomic mass is 16.3. The highest BCUT2D eigenvalue weighted by Gasteiger charge is 2.21. The van der Waals surface area contributed by atoms with E-state index < -0.39 is 18.3 Å². The normalized spacial score (nSPS) is 14.6. The van der Waals surface area contributed by atoms with Crippen LogP contribution in [0.25, 0.3) is 0 Å². The van der Waals surface area contributed by atoms with Gasteiger partial charge in [-0.1, -0.05) is 91.0 Å². The van der Waals surface area contributed by atoms with Crippen LogP contribution in [0.5, 0.6) is 0 Å². The van der Waals surface area contributed by atoms with Gasteiger partial charge in [0, 0.05) is 19.6 Å². The molecule has 3 rings (SSSR count). The predicted octanol–water partition coefficient (Wildman–Crippen LogP) is 3.49. The lowest BCUT2D eigenvalue weighted by atomic mass is 10.1. The highest BCUT2D eigenvalue weighted by Crippen LogP contribution is 2.21. The molecule has 3 aromatic carbocycles. The molecule has 0 saturated heterocycles. The smallest absolute Gasteiger partial charge is 0.0916 e. The molecule has 4 heteroatoms. The number of hydrogen-bond donors (Lipinski definition) is 3. The molecule has 28 heavy (non-hydrogen) atoms. The Morgan fingerprint density at radius 1 is 0.464 bits per heavy atom. The zero-order valence-electron chi connectivity index (χ0n) is 15.8. The molecule has 3 N–H and O–H groups in total. The monoisotopic (exact) mass is 377 g/mol. The second-order valence-electron chi connectivity index (χ2n) is 7.00. The number of rotatable bonds is 9. The zero-order chi connectivity index (χ0) is 19.8. The van der Waals surface area contributed by atoms with Gasteiger partial charge < -0.3 is 15.3 Å². The molecule has 4 nitrogen and oxygen atoms in total. The third-order valence-electron chi connectivity index (χ3n) is 4.85. The van der Waals surface area contributed by atoms with E-state index in [2.05, 4.69) is 0 Å². The van der Waals surface area contributed by atoms with Gasteiger partial charge in [0.15, 0.2) is 0 Å². The summed E-state index contributed by atoms with van der Waals surface area (Å²) in [6.45, 7) is 0.952. The van der Waals surface area contributed by atoms with E-state index in [0.717, 1.165) is 16.7 Å². The topological polar surface area (TPSA) is 63.9 Å². The summed E-state index contributed by atoms with van der Waals surface area (Å²) in [6.07, 6.45) is -2.11. The Morgan fingerprint density at radius 3 is 0.964 bits per heavy atom. The van der Waals surface area contributed by atoms with Gasteiger partial charge in [0.25, 0.3) is 0 Å². The van der Waals surface area contributed by atoms with Crippen molar-refractivity contribution in [1.82, 2.24) is 4.90 Å². The first kappa shape index (κ1) is 20.2. The number of aliphatic hydroxyl groups excluding tert-OH is 3.